The van der Waals surface area contributed by atoms with Crippen molar-refractivity contribution in [2.75, 3.05) is 0 Å². The van der Waals surface area contributed by atoms with E-state index in [1.165, 1.54) is 25.7 Å². The maximum atomic E-state index is 8.81. The lowest BCUT2D eigenvalue weighted by molar-refractivity contribution is -0.0979. The number of phenols is 1. The summed E-state index contributed by atoms with van der Waals surface area (Å²) in [6.07, 6.45) is 5.60. The normalized spacial score (nSPS) is 8.35. The van der Waals surface area contributed by atoms with E-state index in [0.717, 1.165) is 11.5 Å². The molecule has 0 radical (unpaired) electrons. The first-order valence-corrected chi connectivity index (χ1v) is 7.60. The number of carbonyl (C=O) groups is 1. The van der Waals surface area contributed by atoms with Gasteiger partial charge in [-0.15, -0.1) is 0 Å². The summed E-state index contributed by atoms with van der Waals surface area (Å²) < 4.78 is 0. The third-order valence-corrected chi connectivity index (χ3v) is 2.39. The Kier molecular flexibility index (Phi) is 23.8. The highest BCUT2D eigenvalue weighted by atomic mass is 16.3. The summed E-state index contributed by atoms with van der Waals surface area (Å²) in [5, 5.41) is 8.81. The molecule has 2 heteroatoms. The zero-order valence-corrected chi connectivity index (χ0v) is 14.3. The van der Waals surface area contributed by atoms with E-state index in [-0.39, 0.29) is 0 Å². The van der Waals surface area contributed by atoms with Crippen molar-refractivity contribution in [2.24, 2.45) is 5.92 Å². The van der Waals surface area contributed by atoms with Gasteiger partial charge in [-0.3, -0.25) is 0 Å². The van der Waals surface area contributed by atoms with Gasteiger partial charge in [0.05, 0.1) is 0 Å². The van der Waals surface area contributed by atoms with Crippen LogP contribution < -0.4 is 0 Å². The van der Waals surface area contributed by atoms with Crippen LogP contribution in [0.3, 0.4) is 0 Å². The van der Waals surface area contributed by atoms with Crippen molar-refractivity contribution >= 4 is 6.79 Å². The molecule has 0 aliphatic carbocycles. The largest absolute Gasteiger partial charge is 0.508 e. The van der Waals surface area contributed by atoms with E-state index < -0.39 is 0 Å². The van der Waals surface area contributed by atoms with Gasteiger partial charge in [-0.25, -0.2) is 0 Å². The van der Waals surface area contributed by atoms with E-state index in [0.29, 0.717) is 5.75 Å². The number of aryl methyl sites for hydroxylation is 1. The monoisotopic (exact) mass is 282 g/mol. The van der Waals surface area contributed by atoms with Gasteiger partial charge in [0.2, 0.25) is 0 Å². The lowest BCUT2D eigenvalue weighted by Gasteiger charge is -2.00. The highest BCUT2D eigenvalue weighted by Crippen LogP contribution is 2.08. The minimum absolute atomic E-state index is 0.338. The zero-order chi connectivity index (χ0) is 16.4. The molecule has 0 heterocycles. The molecule has 0 bridgehead atoms. The van der Waals surface area contributed by atoms with Gasteiger partial charge in [-0.05, 0) is 30.5 Å². The second-order valence-corrected chi connectivity index (χ2v) is 4.73. The minimum Gasteiger partial charge on any atom is -0.508 e. The second-order valence-electron chi connectivity index (χ2n) is 4.73. The molecule has 0 fully saturated rings. The number of aromatic hydroxyl groups is 1. The van der Waals surface area contributed by atoms with Crippen molar-refractivity contribution in [3.63, 3.8) is 0 Å². The van der Waals surface area contributed by atoms with Crippen molar-refractivity contribution in [2.45, 2.75) is 67.2 Å². The lowest BCUT2D eigenvalue weighted by Crippen LogP contribution is -1.85. The Balaban J connectivity index is -0.000000231. The summed E-state index contributed by atoms with van der Waals surface area (Å²) >= 11 is 0. The van der Waals surface area contributed by atoms with Crippen LogP contribution in [0.15, 0.2) is 24.3 Å². The number of unbranched alkanes of at least 4 members (excludes halogenated alkanes) is 2. The van der Waals surface area contributed by atoms with Gasteiger partial charge in [-0.1, -0.05) is 72.4 Å². The van der Waals surface area contributed by atoms with Gasteiger partial charge in [-0.2, -0.15) is 0 Å². The van der Waals surface area contributed by atoms with E-state index in [4.69, 9.17) is 9.90 Å². The molecule has 2 nitrogen and oxygen atoms in total. The van der Waals surface area contributed by atoms with E-state index in [1.54, 1.807) is 12.1 Å². The lowest BCUT2D eigenvalue weighted by atomic mass is 10.1. The van der Waals surface area contributed by atoms with Crippen LogP contribution in [0.4, 0.5) is 0 Å². The van der Waals surface area contributed by atoms with Crippen LogP contribution in [0.1, 0.15) is 65.9 Å². The second kappa shape index (κ2) is 20.0. The van der Waals surface area contributed by atoms with Gasteiger partial charge >= 0.3 is 0 Å². The van der Waals surface area contributed by atoms with Crippen LogP contribution in [-0.4, -0.2) is 11.9 Å². The average Bonchev–Trinajstić information content (AvgIpc) is 2.44. The number of benzene rings is 1. The van der Waals surface area contributed by atoms with Crippen LogP contribution >= 0.6 is 0 Å². The molecule has 0 atom stereocenters. The molecule has 0 aromatic heterocycles. The Morgan fingerprint density at radius 1 is 1.15 bits per heavy atom. The standard InChI is InChI=1S/C8H18.C7H8O.C2H6.CH2O/c1-4-5-6-7-8(2)3;1-6-3-2-4-7(8)5-6;2*1-2/h8H,4-7H2,1-3H3;2-5,8H,1H3;1-2H3;1H2. The Morgan fingerprint density at radius 2 is 1.70 bits per heavy atom. The third-order valence-electron chi connectivity index (χ3n) is 2.39. The van der Waals surface area contributed by atoms with Crippen molar-refractivity contribution in [1.29, 1.82) is 0 Å². The molecule has 1 aromatic rings. The fraction of sp³-hybridized carbons (Fsp3) is 0.611. The molecule has 0 saturated heterocycles. The minimum atomic E-state index is 0.338. The summed E-state index contributed by atoms with van der Waals surface area (Å²) in [4.78, 5) is 8.00. The number of hydrogen-bond acceptors (Lipinski definition) is 2. The van der Waals surface area contributed by atoms with E-state index in [1.807, 2.05) is 39.7 Å². The molecule has 1 N–H and O–H groups in total. The number of carbonyl (C=O) groups excluding carboxylic acids is 1. The molecular formula is C18H34O2. The zero-order valence-electron chi connectivity index (χ0n) is 14.3. The van der Waals surface area contributed by atoms with E-state index in [9.17, 15) is 0 Å². The van der Waals surface area contributed by atoms with E-state index >= 15 is 0 Å². The van der Waals surface area contributed by atoms with Crippen LogP contribution in [0, 0.1) is 12.8 Å². The summed E-state index contributed by atoms with van der Waals surface area (Å²) in [5.41, 5.74) is 1.09. The van der Waals surface area contributed by atoms with Crippen LogP contribution in [-0.2, 0) is 4.79 Å². The molecule has 1 rings (SSSR count). The third kappa shape index (κ3) is 21.9. The molecule has 0 aliphatic rings. The van der Waals surface area contributed by atoms with Crippen LogP contribution in [0.25, 0.3) is 0 Å². The molecule has 20 heavy (non-hydrogen) atoms. The first-order chi connectivity index (χ1) is 9.56. The molecule has 118 valence electrons. The highest BCUT2D eigenvalue weighted by molar-refractivity contribution is 5.25. The van der Waals surface area contributed by atoms with Gasteiger partial charge in [0.1, 0.15) is 12.5 Å². The van der Waals surface area contributed by atoms with E-state index in [2.05, 4.69) is 20.8 Å². The SMILES string of the molecule is C=O.CC.CCCCCC(C)C.Cc1cccc(O)c1. The number of rotatable bonds is 4. The molecule has 0 aliphatic heterocycles. The molecule has 0 spiro atoms. The predicted molar refractivity (Wildman–Crippen MR) is 90.3 cm³/mol. The summed E-state index contributed by atoms with van der Waals surface area (Å²) in [6.45, 7) is 14.8. The van der Waals surface area contributed by atoms with Crippen molar-refractivity contribution in [3.05, 3.63) is 29.8 Å². The van der Waals surface area contributed by atoms with Crippen LogP contribution in [0.2, 0.25) is 0 Å². The average molecular weight is 282 g/mol. The fourth-order valence-corrected chi connectivity index (χ4v) is 1.43. The Morgan fingerprint density at radius 3 is 2.00 bits per heavy atom. The van der Waals surface area contributed by atoms with Gasteiger partial charge < -0.3 is 9.90 Å². The predicted octanol–water partition coefficient (Wildman–Crippen LogP) is 5.76. The highest BCUT2D eigenvalue weighted by Gasteiger charge is 1.90. The van der Waals surface area contributed by atoms with Gasteiger partial charge in [0.15, 0.2) is 0 Å². The summed E-state index contributed by atoms with van der Waals surface area (Å²) in [7, 11) is 0. The first-order valence-electron chi connectivity index (χ1n) is 7.60. The molecule has 0 unspecified atom stereocenters. The fourth-order valence-electron chi connectivity index (χ4n) is 1.43. The smallest absolute Gasteiger partial charge is 0.115 e. The Labute approximate surface area is 126 Å². The molecular weight excluding hydrogens is 248 g/mol. The number of hydrogen-bond donors (Lipinski definition) is 1. The topological polar surface area (TPSA) is 37.3 Å². The quantitative estimate of drug-likeness (QED) is 0.712. The number of phenolic OH excluding ortho intramolecular Hbond substituents is 1. The maximum Gasteiger partial charge on any atom is 0.115 e. The van der Waals surface area contributed by atoms with Crippen molar-refractivity contribution < 1.29 is 9.90 Å². The molecule has 0 amide bonds. The first kappa shape index (κ1) is 23.8. The van der Waals surface area contributed by atoms with Crippen LogP contribution in [0.5, 0.6) is 5.75 Å². The van der Waals surface area contributed by atoms with Crippen molar-refractivity contribution in [1.82, 2.24) is 0 Å². The van der Waals surface area contributed by atoms with Gasteiger partial charge in [0, 0.05) is 0 Å². The Hall–Kier alpha value is -1.31. The summed E-state index contributed by atoms with van der Waals surface area (Å²) in [6, 6.07) is 7.15. The molecule has 1 aromatic carbocycles. The summed E-state index contributed by atoms with van der Waals surface area (Å²) in [5.74, 6) is 1.24. The molecule has 0 saturated carbocycles. The maximum absolute atomic E-state index is 8.81. The van der Waals surface area contributed by atoms with Gasteiger partial charge in [0.25, 0.3) is 0 Å². The van der Waals surface area contributed by atoms with Crippen molar-refractivity contribution in [3.8, 4) is 5.75 Å². The Bertz CT molecular complexity index is 265.